The number of hydrogen-bond acceptors (Lipinski definition) is 5. The Morgan fingerprint density at radius 2 is 1.89 bits per heavy atom. The van der Waals surface area contributed by atoms with Gasteiger partial charge in [-0.15, -0.1) is 0 Å². The molecule has 0 amide bonds. The van der Waals surface area contributed by atoms with Gasteiger partial charge in [-0.2, -0.15) is 9.97 Å². The van der Waals surface area contributed by atoms with Gasteiger partial charge in [0.2, 0.25) is 5.95 Å². The Hall–Kier alpha value is -2.63. The van der Waals surface area contributed by atoms with Crippen LogP contribution in [0, 0.1) is 6.92 Å². The zero-order valence-corrected chi connectivity index (χ0v) is 9.83. The number of para-hydroxylation sites is 1. The SMILES string of the molecule is Cc1ccccc1-n1cnc2c(N)nc(N)nc21. The molecule has 0 spiro atoms. The third kappa shape index (κ3) is 1.46. The van der Waals surface area contributed by atoms with Crippen molar-refractivity contribution in [1.29, 1.82) is 0 Å². The number of benzene rings is 1. The van der Waals surface area contributed by atoms with Crippen LogP contribution < -0.4 is 11.5 Å². The zero-order chi connectivity index (χ0) is 12.7. The highest BCUT2D eigenvalue weighted by molar-refractivity contribution is 5.84. The minimum absolute atomic E-state index is 0.148. The van der Waals surface area contributed by atoms with E-state index < -0.39 is 0 Å². The number of fused-ring (bicyclic) bond motifs is 1. The molecule has 6 nitrogen and oxygen atoms in total. The van der Waals surface area contributed by atoms with Crippen LogP contribution in [0.2, 0.25) is 0 Å². The highest BCUT2D eigenvalue weighted by Crippen LogP contribution is 2.22. The topological polar surface area (TPSA) is 95.6 Å². The molecule has 2 heterocycles. The first kappa shape index (κ1) is 10.5. The predicted octanol–water partition coefficient (Wildman–Crippen LogP) is 1.29. The van der Waals surface area contributed by atoms with E-state index in [2.05, 4.69) is 15.0 Å². The number of nitrogens with zero attached hydrogens (tertiary/aromatic N) is 4. The van der Waals surface area contributed by atoms with E-state index in [0.717, 1.165) is 11.3 Å². The third-order valence-electron chi connectivity index (χ3n) is 2.82. The fourth-order valence-corrected chi connectivity index (χ4v) is 1.95. The van der Waals surface area contributed by atoms with E-state index in [9.17, 15) is 0 Å². The average Bonchev–Trinajstić information content (AvgIpc) is 2.73. The molecule has 18 heavy (non-hydrogen) atoms. The lowest BCUT2D eigenvalue weighted by Crippen LogP contribution is -2.03. The lowest BCUT2D eigenvalue weighted by molar-refractivity contribution is 1.05. The summed E-state index contributed by atoms with van der Waals surface area (Å²) in [5.41, 5.74) is 14.7. The van der Waals surface area contributed by atoms with E-state index in [4.69, 9.17) is 11.5 Å². The Morgan fingerprint density at radius 1 is 1.11 bits per heavy atom. The molecule has 4 N–H and O–H groups in total. The summed E-state index contributed by atoms with van der Waals surface area (Å²) in [6.45, 7) is 2.02. The lowest BCUT2D eigenvalue weighted by atomic mass is 10.2. The summed E-state index contributed by atoms with van der Waals surface area (Å²) in [4.78, 5) is 12.3. The van der Waals surface area contributed by atoms with E-state index in [1.807, 2.05) is 35.8 Å². The van der Waals surface area contributed by atoms with Crippen LogP contribution in [0.15, 0.2) is 30.6 Å². The molecule has 0 aliphatic rings. The van der Waals surface area contributed by atoms with E-state index in [1.165, 1.54) is 0 Å². The Balaban J connectivity index is 2.34. The quantitative estimate of drug-likeness (QED) is 0.668. The normalized spacial score (nSPS) is 10.9. The summed E-state index contributed by atoms with van der Waals surface area (Å²) < 4.78 is 1.86. The molecule has 0 unspecified atom stereocenters. The van der Waals surface area contributed by atoms with Gasteiger partial charge in [0.05, 0.1) is 5.69 Å². The summed E-state index contributed by atoms with van der Waals surface area (Å²) in [7, 11) is 0. The van der Waals surface area contributed by atoms with Crippen molar-refractivity contribution in [3.05, 3.63) is 36.2 Å². The standard InChI is InChI=1S/C12H12N6/c1-7-4-2-3-5-8(7)18-6-15-9-10(13)16-12(14)17-11(9)18/h2-6H,1H3,(H4,13,14,16,17). The van der Waals surface area contributed by atoms with E-state index >= 15 is 0 Å². The van der Waals surface area contributed by atoms with Gasteiger partial charge in [-0.3, -0.25) is 4.57 Å². The van der Waals surface area contributed by atoms with Crippen LogP contribution >= 0.6 is 0 Å². The van der Waals surface area contributed by atoms with Crippen LogP contribution in [0.3, 0.4) is 0 Å². The largest absolute Gasteiger partial charge is 0.382 e. The first-order valence-electron chi connectivity index (χ1n) is 5.49. The molecule has 0 atom stereocenters. The Labute approximate surface area is 103 Å². The fraction of sp³-hybridized carbons (Fsp3) is 0.0833. The van der Waals surface area contributed by atoms with Gasteiger partial charge in [0, 0.05) is 0 Å². The summed E-state index contributed by atoms with van der Waals surface area (Å²) in [6.07, 6.45) is 1.68. The van der Waals surface area contributed by atoms with Crippen LogP contribution in [0.1, 0.15) is 5.56 Å². The zero-order valence-electron chi connectivity index (χ0n) is 9.83. The number of imidazole rings is 1. The van der Waals surface area contributed by atoms with E-state index in [0.29, 0.717) is 17.0 Å². The molecule has 0 aliphatic heterocycles. The van der Waals surface area contributed by atoms with Crippen molar-refractivity contribution in [2.24, 2.45) is 0 Å². The minimum atomic E-state index is 0.148. The van der Waals surface area contributed by atoms with Crippen molar-refractivity contribution in [2.75, 3.05) is 11.5 Å². The van der Waals surface area contributed by atoms with Gasteiger partial charge in [-0.05, 0) is 18.6 Å². The molecule has 90 valence electrons. The van der Waals surface area contributed by atoms with Crippen molar-refractivity contribution >= 4 is 22.9 Å². The smallest absolute Gasteiger partial charge is 0.224 e. The average molecular weight is 240 g/mol. The number of hydrogen-bond donors (Lipinski definition) is 2. The molecule has 0 bridgehead atoms. The highest BCUT2D eigenvalue weighted by atomic mass is 15.2. The molecule has 0 saturated carbocycles. The van der Waals surface area contributed by atoms with Gasteiger partial charge >= 0.3 is 0 Å². The number of nitrogen functional groups attached to an aromatic ring is 2. The number of nitrogens with two attached hydrogens (primary N) is 2. The van der Waals surface area contributed by atoms with Crippen LogP contribution in [0.5, 0.6) is 0 Å². The molecule has 0 saturated heterocycles. The first-order chi connectivity index (χ1) is 8.66. The summed E-state index contributed by atoms with van der Waals surface area (Å²) >= 11 is 0. The van der Waals surface area contributed by atoms with Gasteiger partial charge in [-0.25, -0.2) is 4.98 Å². The van der Waals surface area contributed by atoms with Crippen LogP contribution in [-0.2, 0) is 0 Å². The highest BCUT2D eigenvalue weighted by Gasteiger charge is 2.11. The molecule has 0 aliphatic carbocycles. The van der Waals surface area contributed by atoms with Crippen molar-refractivity contribution in [1.82, 2.24) is 19.5 Å². The Kier molecular flexibility index (Phi) is 2.16. The second-order valence-corrected chi connectivity index (χ2v) is 4.04. The first-order valence-corrected chi connectivity index (χ1v) is 5.49. The maximum atomic E-state index is 5.78. The van der Waals surface area contributed by atoms with Gasteiger partial charge < -0.3 is 11.5 Å². The van der Waals surface area contributed by atoms with Crippen molar-refractivity contribution in [3.8, 4) is 5.69 Å². The Morgan fingerprint density at radius 3 is 2.67 bits per heavy atom. The van der Waals surface area contributed by atoms with Crippen LogP contribution in [0.25, 0.3) is 16.9 Å². The van der Waals surface area contributed by atoms with E-state index in [1.54, 1.807) is 6.33 Å². The number of aryl methyl sites for hydroxylation is 1. The summed E-state index contributed by atoms with van der Waals surface area (Å²) in [6, 6.07) is 7.96. The number of aromatic nitrogens is 4. The summed E-state index contributed by atoms with van der Waals surface area (Å²) in [5, 5.41) is 0. The van der Waals surface area contributed by atoms with E-state index in [-0.39, 0.29) is 5.95 Å². The van der Waals surface area contributed by atoms with Crippen LogP contribution in [0.4, 0.5) is 11.8 Å². The van der Waals surface area contributed by atoms with Crippen molar-refractivity contribution < 1.29 is 0 Å². The molecule has 0 radical (unpaired) electrons. The van der Waals surface area contributed by atoms with Gasteiger partial charge in [0.1, 0.15) is 6.33 Å². The molecule has 2 aromatic heterocycles. The maximum Gasteiger partial charge on any atom is 0.224 e. The molecular weight excluding hydrogens is 228 g/mol. The fourth-order valence-electron chi connectivity index (χ4n) is 1.95. The van der Waals surface area contributed by atoms with Crippen molar-refractivity contribution in [2.45, 2.75) is 6.92 Å². The molecule has 0 fully saturated rings. The van der Waals surface area contributed by atoms with Crippen LogP contribution in [-0.4, -0.2) is 19.5 Å². The second-order valence-electron chi connectivity index (χ2n) is 4.04. The van der Waals surface area contributed by atoms with Gasteiger partial charge in [0.25, 0.3) is 0 Å². The monoisotopic (exact) mass is 240 g/mol. The van der Waals surface area contributed by atoms with Gasteiger partial charge in [-0.1, -0.05) is 18.2 Å². The lowest BCUT2D eigenvalue weighted by Gasteiger charge is -2.07. The number of anilines is 2. The molecular formula is C12H12N6. The van der Waals surface area contributed by atoms with Gasteiger partial charge in [0.15, 0.2) is 17.0 Å². The van der Waals surface area contributed by atoms with Crippen molar-refractivity contribution in [3.63, 3.8) is 0 Å². The third-order valence-corrected chi connectivity index (χ3v) is 2.82. The maximum absolute atomic E-state index is 5.78. The molecule has 3 rings (SSSR count). The Bertz CT molecular complexity index is 731. The number of rotatable bonds is 1. The molecule has 3 aromatic rings. The molecule has 1 aromatic carbocycles. The minimum Gasteiger partial charge on any atom is -0.382 e. The molecule has 6 heteroatoms. The summed E-state index contributed by atoms with van der Waals surface area (Å²) in [5.74, 6) is 0.445. The predicted molar refractivity (Wildman–Crippen MR) is 70.2 cm³/mol. The second kappa shape index (κ2) is 3.69.